The Bertz CT molecular complexity index is 516. The summed E-state index contributed by atoms with van der Waals surface area (Å²) in [6, 6.07) is 4.53. The fourth-order valence-electron chi connectivity index (χ4n) is 2.79. The summed E-state index contributed by atoms with van der Waals surface area (Å²) in [6.45, 7) is 3.02. The maximum atomic E-state index is 4.35. The Morgan fingerprint density at radius 3 is 3.20 bits per heavy atom. The Morgan fingerprint density at radius 2 is 2.45 bits per heavy atom. The molecule has 0 N–H and O–H groups in total. The van der Waals surface area contributed by atoms with Crippen LogP contribution in [0.25, 0.3) is 0 Å². The molecule has 2 aromatic heterocycles. The summed E-state index contributed by atoms with van der Waals surface area (Å²) < 4.78 is 0. The highest BCUT2D eigenvalue weighted by atomic mass is 32.1. The molecule has 6 heteroatoms. The standard InChI is InChI=1S/C14H19N5S/c1-18(8-12-10-20-11-15-12)9-13-4-3-7-19(13)14-5-2-6-16-17-14/h2,5-6,10-11,13H,3-4,7-9H2,1H3/t13-/m1/s1. The van der Waals surface area contributed by atoms with E-state index in [9.17, 15) is 0 Å². The lowest BCUT2D eigenvalue weighted by Gasteiger charge is -2.28. The SMILES string of the molecule is CN(Cc1cscn1)C[C@H]1CCCN1c1cccnn1. The number of anilines is 1. The van der Waals surface area contributed by atoms with Gasteiger partial charge >= 0.3 is 0 Å². The highest BCUT2D eigenvalue weighted by Crippen LogP contribution is 2.23. The van der Waals surface area contributed by atoms with Crippen LogP contribution in [0.5, 0.6) is 0 Å². The van der Waals surface area contributed by atoms with Gasteiger partial charge in [-0.2, -0.15) is 5.10 Å². The number of hydrogen-bond donors (Lipinski definition) is 0. The second-order valence-electron chi connectivity index (χ2n) is 5.25. The molecule has 1 aliphatic heterocycles. The number of hydrogen-bond acceptors (Lipinski definition) is 6. The first-order valence-corrected chi connectivity index (χ1v) is 7.87. The lowest BCUT2D eigenvalue weighted by molar-refractivity contribution is 0.300. The van der Waals surface area contributed by atoms with Crippen molar-refractivity contribution in [2.45, 2.75) is 25.4 Å². The van der Waals surface area contributed by atoms with Gasteiger partial charge in [-0.3, -0.25) is 4.90 Å². The van der Waals surface area contributed by atoms with Crippen molar-refractivity contribution in [2.75, 3.05) is 25.0 Å². The van der Waals surface area contributed by atoms with Gasteiger partial charge < -0.3 is 4.90 Å². The molecule has 1 fully saturated rings. The van der Waals surface area contributed by atoms with Crippen LogP contribution >= 0.6 is 11.3 Å². The molecule has 1 saturated heterocycles. The van der Waals surface area contributed by atoms with Crippen molar-refractivity contribution in [1.29, 1.82) is 0 Å². The summed E-state index contributed by atoms with van der Waals surface area (Å²) in [6.07, 6.45) is 4.17. The van der Waals surface area contributed by atoms with Crippen molar-refractivity contribution >= 4 is 17.2 Å². The quantitative estimate of drug-likeness (QED) is 0.843. The van der Waals surface area contributed by atoms with Crippen molar-refractivity contribution in [2.24, 2.45) is 0 Å². The van der Waals surface area contributed by atoms with Crippen molar-refractivity contribution < 1.29 is 0 Å². The molecular formula is C14H19N5S. The van der Waals surface area contributed by atoms with Crippen LogP contribution in [-0.2, 0) is 6.54 Å². The van der Waals surface area contributed by atoms with Gasteiger partial charge in [-0.1, -0.05) is 0 Å². The van der Waals surface area contributed by atoms with Crippen LogP contribution in [0.1, 0.15) is 18.5 Å². The van der Waals surface area contributed by atoms with Gasteiger partial charge in [-0.05, 0) is 32.0 Å². The van der Waals surface area contributed by atoms with Crippen molar-refractivity contribution in [3.8, 4) is 0 Å². The van der Waals surface area contributed by atoms with Crippen LogP contribution in [0.15, 0.2) is 29.2 Å². The topological polar surface area (TPSA) is 45.2 Å². The number of likely N-dealkylation sites (N-methyl/N-ethyl adjacent to an activating group) is 1. The van der Waals surface area contributed by atoms with E-state index < -0.39 is 0 Å². The van der Waals surface area contributed by atoms with E-state index in [-0.39, 0.29) is 0 Å². The lowest BCUT2D eigenvalue weighted by atomic mass is 10.2. The van der Waals surface area contributed by atoms with E-state index >= 15 is 0 Å². The molecule has 0 amide bonds. The number of thiazole rings is 1. The van der Waals surface area contributed by atoms with Gasteiger partial charge in [0, 0.05) is 37.3 Å². The monoisotopic (exact) mass is 289 g/mol. The van der Waals surface area contributed by atoms with Crippen molar-refractivity contribution in [1.82, 2.24) is 20.1 Å². The summed E-state index contributed by atoms with van der Waals surface area (Å²) in [5.41, 5.74) is 3.05. The molecule has 2 aromatic rings. The first-order chi connectivity index (χ1) is 9.83. The third kappa shape index (κ3) is 3.13. The van der Waals surface area contributed by atoms with Crippen LogP contribution in [0.3, 0.4) is 0 Å². The normalized spacial score (nSPS) is 18.9. The molecule has 106 valence electrons. The van der Waals surface area contributed by atoms with Crippen LogP contribution in [0, 0.1) is 0 Å². The average molecular weight is 289 g/mol. The van der Waals surface area contributed by atoms with E-state index in [2.05, 4.69) is 37.4 Å². The third-order valence-electron chi connectivity index (χ3n) is 3.67. The summed E-state index contributed by atoms with van der Waals surface area (Å²) in [7, 11) is 2.16. The minimum Gasteiger partial charge on any atom is -0.351 e. The zero-order valence-electron chi connectivity index (χ0n) is 11.6. The molecular weight excluding hydrogens is 270 g/mol. The molecule has 0 radical (unpaired) electrons. The van der Waals surface area contributed by atoms with Gasteiger partial charge in [0.15, 0.2) is 5.82 Å². The second-order valence-corrected chi connectivity index (χ2v) is 5.97. The minimum atomic E-state index is 0.523. The largest absolute Gasteiger partial charge is 0.351 e. The fourth-order valence-corrected chi connectivity index (χ4v) is 3.34. The second kappa shape index (κ2) is 6.28. The first-order valence-electron chi connectivity index (χ1n) is 6.93. The fraction of sp³-hybridized carbons (Fsp3) is 0.500. The number of rotatable bonds is 5. The minimum absolute atomic E-state index is 0.523. The summed E-state index contributed by atoms with van der Waals surface area (Å²) in [4.78, 5) is 9.07. The summed E-state index contributed by atoms with van der Waals surface area (Å²) in [5, 5.41) is 10.3. The lowest BCUT2D eigenvalue weighted by Crippen LogP contribution is -2.39. The molecule has 3 rings (SSSR count). The molecule has 0 aliphatic carbocycles. The zero-order valence-corrected chi connectivity index (χ0v) is 12.5. The molecule has 0 unspecified atom stereocenters. The van der Waals surface area contributed by atoms with Gasteiger partial charge in [0.05, 0.1) is 11.2 Å². The first kappa shape index (κ1) is 13.5. The van der Waals surface area contributed by atoms with Gasteiger partial charge in [-0.25, -0.2) is 4.98 Å². The smallest absolute Gasteiger partial charge is 0.151 e. The van der Waals surface area contributed by atoms with Crippen LogP contribution in [-0.4, -0.2) is 46.3 Å². The van der Waals surface area contributed by atoms with Crippen molar-refractivity contribution in [3.05, 3.63) is 34.9 Å². The molecule has 0 bridgehead atoms. The average Bonchev–Trinajstić information content (AvgIpc) is 3.11. The maximum Gasteiger partial charge on any atom is 0.151 e. The zero-order chi connectivity index (χ0) is 13.8. The van der Waals surface area contributed by atoms with E-state index in [1.807, 2.05) is 17.6 Å². The van der Waals surface area contributed by atoms with E-state index in [0.717, 1.165) is 31.1 Å². The van der Waals surface area contributed by atoms with Crippen LogP contribution in [0.4, 0.5) is 5.82 Å². The Labute approximate surface area is 123 Å². The molecule has 1 atom stereocenters. The Balaban J connectivity index is 1.61. The van der Waals surface area contributed by atoms with Crippen molar-refractivity contribution in [3.63, 3.8) is 0 Å². The molecule has 1 aliphatic rings. The van der Waals surface area contributed by atoms with E-state index in [4.69, 9.17) is 0 Å². The van der Waals surface area contributed by atoms with E-state index in [1.165, 1.54) is 12.8 Å². The van der Waals surface area contributed by atoms with Gasteiger partial charge in [0.2, 0.25) is 0 Å². The summed E-state index contributed by atoms with van der Waals surface area (Å²) >= 11 is 1.66. The third-order valence-corrected chi connectivity index (χ3v) is 4.30. The predicted octanol–water partition coefficient (Wildman–Crippen LogP) is 2.03. The highest BCUT2D eigenvalue weighted by molar-refractivity contribution is 7.07. The van der Waals surface area contributed by atoms with Crippen LogP contribution < -0.4 is 4.90 Å². The Hall–Kier alpha value is -1.53. The van der Waals surface area contributed by atoms with E-state index in [0.29, 0.717) is 6.04 Å². The molecule has 0 saturated carbocycles. The van der Waals surface area contributed by atoms with E-state index in [1.54, 1.807) is 17.5 Å². The predicted molar refractivity (Wildman–Crippen MR) is 80.8 cm³/mol. The molecule has 0 spiro atoms. The molecule has 20 heavy (non-hydrogen) atoms. The Kier molecular flexibility index (Phi) is 4.22. The molecule has 0 aromatic carbocycles. The maximum absolute atomic E-state index is 4.35. The summed E-state index contributed by atoms with van der Waals surface area (Å²) in [5.74, 6) is 0.997. The highest BCUT2D eigenvalue weighted by Gasteiger charge is 2.26. The van der Waals surface area contributed by atoms with Gasteiger partial charge in [0.1, 0.15) is 0 Å². The Morgan fingerprint density at radius 1 is 1.50 bits per heavy atom. The number of nitrogens with zero attached hydrogens (tertiary/aromatic N) is 5. The van der Waals surface area contributed by atoms with Gasteiger partial charge in [0.25, 0.3) is 0 Å². The molecule has 3 heterocycles. The molecule has 5 nitrogen and oxygen atoms in total. The van der Waals surface area contributed by atoms with Crippen LogP contribution in [0.2, 0.25) is 0 Å². The number of aromatic nitrogens is 3. The van der Waals surface area contributed by atoms with Gasteiger partial charge in [-0.15, -0.1) is 16.4 Å².